The Morgan fingerprint density at radius 1 is 1.25 bits per heavy atom. The Bertz CT molecular complexity index is 714. The van der Waals surface area contributed by atoms with Gasteiger partial charge in [-0.05, 0) is 31.5 Å². The second-order valence-corrected chi connectivity index (χ2v) is 6.19. The minimum Gasteiger partial charge on any atom is -0.358 e. The maximum absolute atomic E-state index is 12.7. The summed E-state index contributed by atoms with van der Waals surface area (Å²) >= 11 is 6.14. The molecule has 0 unspecified atom stereocenters. The molecule has 1 aliphatic heterocycles. The second kappa shape index (κ2) is 5.23. The van der Waals surface area contributed by atoms with E-state index < -0.39 is 0 Å². The molecule has 0 bridgehead atoms. The van der Waals surface area contributed by atoms with Crippen LogP contribution in [-0.2, 0) is 6.54 Å². The number of rotatable bonds is 2. The molecule has 0 amide bonds. The van der Waals surface area contributed by atoms with E-state index in [0.29, 0.717) is 5.02 Å². The van der Waals surface area contributed by atoms with Gasteiger partial charge in [-0.3, -0.25) is 4.79 Å². The lowest BCUT2D eigenvalue weighted by Gasteiger charge is -2.15. The van der Waals surface area contributed by atoms with Crippen LogP contribution in [0.1, 0.15) is 29.7 Å². The normalized spacial score (nSPS) is 16.1. The van der Waals surface area contributed by atoms with E-state index in [2.05, 4.69) is 4.98 Å². The van der Waals surface area contributed by atoms with Gasteiger partial charge in [0.15, 0.2) is 5.43 Å². The van der Waals surface area contributed by atoms with Crippen LogP contribution < -0.4 is 10.3 Å². The number of aromatic amines is 1. The molecule has 0 spiro atoms. The average molecular weight is 292 g/mol. The fourth-order valence-corrected chi connectivity index (χ4v) is 3.30. The number of hydrogen-bond donors (Lipinski definition) is 2. The second-order valence-electron chi connectivity index (χ2n) is 5.79. The minimum absolute atomic E-state index is 0.162. The van der Waals surface area contributed by atoms with E-state index >= 15 is 0 Å². The molecule has 1 saturated heterocycles. The molecule has 2 aromatic rings. The highest BCUT2D eigenvalue weighted by Crippen LogP contribution is 2.22. The summed E-state index contributed by atoms with van der Waals surface area (Å²) in [6.07, 6.45) is 2.54. The average Bonchev–Trinajstić information content (AvgIpc) is 2.92. The maximum atomic E-state index is 12.7. The third-order valence-corrected chi connectivity index (χ3v) is 4.83. The molecule has 0 atom stereocenters. The Hall–Kier alpha value is -1.32. The summed E-state index contributed by atoms with van der Waals surface area (Å²) in [6.45, 7) is 7.13. The highest BCUT2D eigenvalue weighted by Gasteiger charge is 2.20. The van der Waals surface area contributed by atoms with Gasteiger partial charge < -0.3 is 9.88 Å². The number of H-pyrrole nitrogens is 1. The summed E-state index contributed by atoms with van der Waals surface area (Å²) in [6, 6.07) is 3.65. The van der Waals surface area contributed by atoms with Crippen molar-refractivity contribution in [1.82, 2.24) is 4.98 Å². The molecular formula is C16H20ClN2O+. The Kier molecular flexibility index (Phi) is 3.57. The molecule has 1 fully saturated rings. The van der Waals surface area contributed by atoms with Crippen LogP contribution in [0.15, 0.2) is 16.9 Å². The number of likely N-dealkylation sites (tertiary alicyclic amines) is 1. The molecule has 106 valence electrons. The number of pyridine rings is 1. The molecule has 0 aliphatic carbocycles. The van der Waals surface area contributed by atoms with Crippen molar-refractivity contribution in [3.63, 3.8) is 0 Å². The number of nitrogens with one attached hydrogen (secondary N) is 2. The number of hydrogen-bond acceptors (Lipinski definition) is 1. The molecule has 1 aromatic heterocycles. The van der Waals surface area contributed by atoms with Crippen LogP contribution >= 0.6 is 11.6 Å². The first-order chi connectivity index (χ1) is 9.58. The SMILES string of the molecule is Cc1[nH]c2c(C)c(Cl)ccc2c(=O)c1C[NH+]1CCCC1. The lowest BCUT2D eigenvalue weighted by atomic mass is 10.1. The van der Waals surface area contributed by atoms with Crippen LogP contribution in [0.3, 0.4) is 0 Å². The molecule has 1 aliphatic rings. The van der Waals surface area contributed by atoms with Gasteiger partial charge in [-0.2, -0.15) is 0 Å². The zero-order valence-corrected chi connectivity index (χ0v) is 12.7. The molecule has 0 radical (unpaired) electrons. The lowest BCUT2D eigenvalue weighted by Crippen LogP contribution is -3.08. The van der Waals surface area contributed by atoms with Crippen molar-refractivity contribution in [1.29, 1.82) is 0 Å². The van der Waals surface area contributed by atoms with Crippen molar-refractivity contribution in [2.45, 2.75) is 33.2 Å². The molecule has 4 heteroatoms. The van der Waals surface area contributed by atoms with Crippen LogP contribution in [0.25, 0.3) is 10.9 Å². The molecule has 2 N–H and O–H groups in total. The van der Waals surface area contributed by atoms with Gasteiger partial charge in [-0.25, -0.2) is 0 Å². The van der Waals surface area contributed by atoms with E-state index in [0.717, 1.165) is 34.3 Å². The predicted molar refractivity (Wildman–Crippen MR) is 82.7 cm³/mol. The van der Waals surface area contributed by atoms with Crippen LogP contribution in [-0.4, -0.2) is 18.1 Å². The van der Waals surface area contributed by atoms with E-state index in [-0.39, 0.29) is 5.43 Å². The van der Waals surface area contributed by atoms with E-state index in [4.69, 9.17) is 11.6 Å². The highest BCUT2D eigenvalue weighted by atomic mass is 35.5. The Labute approximate surface area is 123 Å². The summed E-state index contributed by atoms with van der Waals surface area (Å²) < 4.78 is 0. The third-order valence-electron chi connectivity index (χ3n) is 4.42. The first-order valence-electron chi connectivity index (χ1n) is 7.22. The lowest BCUT2D eigenvalue weighted by molar-refractivity contribution is -0.901. The van der Waals surface area contributed by atoms with Gasteiger partial charge in [0, 0.05) is 28.9 Å². The number of benzene rings is 1. The smallest absolute Gasteiger partial charge is 0.198 e. The van der Waals surface area contributed by atoms with Crippen LogP contribution in [0.4, 0.5) is 0 Å². The van der Waals surface area contributed by atoms with Gasteiger partial charge >= 0.3 is 0 Å². The Balaban J connectivity index is 2.14. The van der Waals surface area contributed by atoms with E-state index in [1.165, 1.54) is 30.8 Å². The van der Waals surface area contributed by atoms with Gasteiger partial charge in [0.25, 0.3) is 0 Å². The topological polar surface area (TPSA) is 37.3 Å². The quantitative estimate of drug-likeness (QED) is 0.872. The van der Waals surface area contributed by atoms with Crippen LogP contribution in [0.5, 0.6) is 0 Å². The van der Waals surface area contributed by atoms with Crippen molar-refractivity contribution in [2.24, 2.45) is 0 Å². The molecule has 1 aromatic carbocycles. The molecule has 2 heterocycles. The van der Waals surface area contributed by atoms with E-state index in [1.54, 1.807) is 0 Å². The summed E-state index contributed by atoms with van der Waals surface area (Å²) in [5, 5.41) is 1.46. The zero-order chi connectivity index (χ0) is 14.3. The van der Waals surface area contributed by atoms with Gasteiger partial charge in [0.2, 0.25) is 0 Å². The maximum Gasteiger partial charge on any atom is 0.198 e. The molecular weight excluding hydrogens is 272 g/mol. The summed E-state index contributed by atoms with van der Waals surface area (Å²) in [5.41, 5.74) is 3.89. The number of aryl methyl sites for hydroxylation is 2. The van der Waals surface area contributed by atoms with Crippen molar-refractivity contribution >= 4 is 22.5 Å². The van der Waals surface area contributed by atoms with Crippen molar-refractivity contribution in [2.75, 3.05) is 13.1 Å². The number of quaternary nitrogens is 1. The number of fused-ring (bicyclic) bond motifs is 1. The first-order valence-corrected chi connectivity index (χ1v) is 7.60. The third kappa shape index (κ3) is 2.25. The molecule has 3 nitrogen and oxygen atoms in total. The molecule has 0 saturated carbocycles. The van der Waals surface area contributed by atoms with Crippen molar-refractivity contribution in [3.05, 3.63) is 44.2 Å². The predicted octanol–water partition coefficient (Wildman–Crippen LogP) is 1.98. The van der Waals surface area contributed by atoms with E-state index in [9.17, 15) is 4.79 Å². The largest absolute Gasteiger partial charge is 0.358 e. The summed E-state index contributed by atoms with van der Waals surface area (Å²) in [4.78, 5) is 17.6. The summed E-state index contributed by atoms with van der Waals surface area (Å²) in [7, 11) is 0. The Morgan fingerprint density at radius 3 is 2.65 bits per heavy atom. The van der Waals surface area contributed by atoms with E-state index in [1.807, 2.05) is 26.0 Å². The zero-order valence-electron chi connectivity index (χ0n) is 12.0. The van der Waals surface area contributed by atoms with Crippen molar-refractivity contribution in [3.8, 4) is 0 Å². The minimum atomic E-state index is 0.162. The van der Waals surface area contributed by atoms with Crippen molar-refractivity contribution < 1.29 is 4.90 Å². The monoisotopic (exact) mass is 291 g/mol. The standard InChI is InChI=1S/C16H19ClN2O/c1-10-14(17)6-5-12-15(10)18-11(2)13(16(12)20)9-19-7-3-4-8-19/h5-6H,3-4,7-9H2,1-2H3,(H,18,20)/p+1. The number of aromatic nitrogens is 1. The van der Waals surface area contributed by atoms with Gasteiger partial charge in [-0.1, -0.05) is 11.6 Å². The van der Waals surface area contributed by atoms with Gasteiger partial charge in [0.05, 0.1) is 24.2 Å². The molecule has 20 heavy (non-hydrogen) atoms. The number of halogens is 1. The summed E-state index contributed by atoms with van der Waals surface area (Å²) in [5.74, 6) is 0. The first kappa shape index (κ1) is 13.7. The van der Waals surface area contributed by atoms with Crippen LogP contribution in [0, 0.1) is 13.8 Å². The fraction of sp³-hybridized carbons (Fsp3) is 0.438. The van der Waals surface area contributed by atoms with Gasteiger partial charge in [-0.15, -0.1) is 0 Å². The molecule has 3 rings (SSSR count). The Morgan fingerprint density at radius 2 is 1.95 bits per heavy atom. The highest BCUT2D eigenvalue weighted by molar-refractivity contribution is 6.32. The van der Waals surface area contributed by atoms with Gasteiger partial charge in [0.1, 0.15) is 6.54 Å². The fourth-order valence-electron chi connectivity index (χ4n) is 3.15. The van der Waals surface area contributed by atoms with Crippen LogP contribution in [0.2, 0.25) is 5.02 Å².